The first kappa shape index (κ1) is 12.2. The minimum Gasteiger partial charge on any atom is -0.392 e. The highest BCUT2D eigenvalue weighted by atomic mass is 16.3. The maximum Gasteiger partial charge on any atom is 0.122 e. The molecule has 0 radical (unpaired) electrons. The lowest BCUT2D eigenvalue weighted by atomic mass is 10.2. The maximum absolute atomic E-state index is 9.31. The third-order valence-corrected chi connectivity index (χ3v) is 2.45. The average Bonchev–Trinajstić information content (AvgIpc) is 2.61. The van der Waals surface area contributed by atoms with Gasteiger partial charge in [-0.25, -0.2) is 4.98 Å². The lowest BCUT2D eigenvalue weighted by Crippen LogP contribution is -2.27. The van der Waals surface area contributed by atoms with Crippen molar-refractivity contribution >= 4 is 0 Å². The fourth-order valence-corrected chi connectivity index (χ4v) is 1.36. The molecule has 5 heteroatoms. The second kappa shape index (κ2) is 5.85. The molecule has 5 nitrogen and oxygen atoms in total. The molecule has 1 heterocycles. The van der Waals surface area contributed by atoms with Crippen LogP contribution in [0.3, 0.4) is 0 Å². The Morgan fingerprint density at radius 2 is 2.40 bits per heavy atom. The Labute approximate surface area is 90.5 Å². The standard InChI is InChI=1S/C10H20N4O/c1-13(5-3-9(15)7-11)8-10-12-4-6-14(10)2/h4,6,9,15H,3,5,7-8,11H2,1-2H3. The van der Waals surface area contributed by atoms with Gasteiger partial charge in [0.1, 0.15) is 5.82 Å². The zero-order chi connectivity index (χ0) is 11.3. The number of hydrogen-bond acceptors (Lipinski definition) is 4. The summed E-state index contributed by atoms with van der Waals surface area (Å²) in [5.41, 5.74) is 5.33. The van der Waals surface area contributed by atoms with Crippen LogP contribution in [0, 0.1) is 0 Å². The van der Waals surface area contributed by atoms with Crippen molar-refractivity contribution in [3.8, 4) is 0 Å². The van der Waals surface area contributed by atoms with Gasteiger partial charge in [0.2, 0.25) is 0 Å². The van der Waals surface area contributed by atoms with Gasteiger partial charge < -0.3 is 15.4 Å². The Hall–Kier alpha value is -0.910. The molecular weight excluding hydrogens is 192 g/mol. The summed E-state index contributed by atoms with van der Waals surface area (Å²) in [6.45, 7) is 1.95. The number of nitrogens with zero attached hydrogens (tertiary/aromatic N) is 3. The first-order chi connectivity index (χ1) is 7.13. The number of rotatable bonds is 6. The second-order valence-electron chi connectivity index (χ2n) is 3.87. The van der Waals surface area contributed by atoms with Crippen LogP contribution in [0.25, 0.3) is 0 Å². The summed E-state index contributed by atoms with van der Waals surface area (Å²) in [6, 6.07) is 0. The van der Waals surface area contributed by atoms with E-state index in [1.807, 2.05) is 24.9 Å². The maximum atomic E-state index is 9.31. The van der Waals surface area contributed by atoms with Crippen LogP contribution in [0.4, 0.5) is 0 Å². The van der Waals surface area contributed by atoms with Crippen LogP contribution in [-0.2, 0) is 13.6 Å². The SMILES string of the molecule is CN(CCC(O)CN)Cc1nccn1C. The van der Waals surface area contributed by atoms with Crippen molar-refractivity contribution < 1.29 is 5.11 Å². The van der Waals surface area contributed by atoms with Gasteiger partial charge in [0.15, 0.2) is 0 Å². The van der Waals surface area contributed by atoms with Crippen LogP contribution in [0.2, 0.25) is 0 Å². The van der Waals surface area contributed by atoms with Crippen molar-refractivity contribution in [2.24, 2.45) is 12.8 Å². The third kappa shape index (κ3) is 3.99. The van der Waals surface area contributed by atoms with E-state index in [2.05, 4.69) is 9.88 Å². The summed E-state index contributed by atoms with van der Waals surface area (Å²) in [6.07, 6.45) is 4.03. The molecule has 0 saturated carbocycles. The Kier molecular flexibility index (Phi) is 4.74. The van der Waals surface area contributed by atoms with Gasteiger partial charge >= 0.3 is 0 Å². The zero-order valence-electron chi connectivity index (χ0n) is 9.43. The van der Waals surface area contributed by atoms with Gasteiger partial charge in [-0.2, -0.15) is 0 Å². The smallest absolute Gasteiger partial charge is 0.122 e. The zero-order valence-corrected chi connectivity index (χ0v) is 9.43. The van der Waals surface area contributed by atoms with Gasteiger partial charge in [-0.05, 0) is 13.5 Å². The minimum absolute atomic E-state index is 0.330. The van der Waals surface area contributed by atoms with E-state index in [9.17, 15) is 5.11 Å². The van der Waals surface area contributed by atoms with E-state index in [1.54, 1.807) is 6.20 Å². The molecule has 0 aliphatic rings. The molecule has 1 atom stereocenters. The van der Waals surface area contributed by atoms with Crippen LogP contribution in [0.15, 0.2) is 12.4 Å². The predicted octanol–water partition coefficient (Wildman–Crippen LogP) is -0.438. The summed E-state index contributed by atoms with van der Waals surface area (Å²) in [5, 5.41) is 9.31. The van der Waals surface area contributed by atoms with Crippen LogP contribution in [0.1, 0.15) is 12.2 Å². The Balaban J connectivity index is 2.30. The summed E-state index contributed by atoms with van der Waals surface area (Å²) in [7, 11) is 3.99. The first-order valence-electron chi connectivity index (χ1n) is 5.16. The molecule has 0 aliphatic heterocycles. The van der Waals surface area contributed by atoms with E-state index in [-0.39, 0.29) is 0 Å². The summed E-state index contributed by atoms with van der Waals surface area (Å²) in [4.78, 5) is 6.36. The highest BCUT2D eigenvalue weighted by molar-refractivity contribution is 4.90. The van der Waals surface area contributed by atoms with Crippen molar-refractivity contribution in [2.75, 3.05) is 20.1 Å². The topological polar surface area (TPSA) is 67.3 Å². The molecule has 0 fully saturated rings. The van der Waals surface area contributed by atoms with Crippen molar-refractivity contribution in [2.45, 2.75) is 19.1 Å². The summed E-state index contributed by atoms with van der Waals surface area (Å²) >= 11 is 0. The van der Waals surface area contributed by atoms with Crippen molar-refractivity contribution in [3.63, 3.8) is 0 Å². The number of nitrogens with two attached hydrogens (primary N) is 1. The van der Waals surface area contributed by atoms with Crippen LogP contribution >= 0.6 is 0 Å². The Bertz CT molecular complexity index is 287. The van der Waals surface area contributed by atoms with Crippen LogP contribution in [0.5, 0.6) is 0 Å². The molecule has 0 saturated heterocycles. The lowest BCUT2D eigenvalue weighted by Gasteiger charge is -2.17. The van der Waals surface area contributed by atoms with E-state index >= 15 is 0 Å². The molecular formula is C10H20N4O. The van der Waals surface area contributed by atoms with Crippen molar-refractivity contribution in [3.05, 3.63) is 18.2 Å². The van der Waals surface area contributed by atoms with Gasteiger partial charge in [0.25, 0.3) is 0 Å². The molecule has 0 spiro atoms. The van der Waals surface area contributed by atoms with Gasteiger partial charge in [-0.15, -0.1) is 0 Å². The van der Waals surface area contributed by atoms with Gasteiger partial charge in [-0.1, -0.05) is 0 Å². The minimum atomic E-state index is -0.395. The number of aliphatic hydroxyl groups excluding tert-OH is 1. The molecule has 0 aromatic carbocycles. The molecule has 0 amide bonds. The molecule has 86 valence electrons. The Morgan fingerprint density at radius 1 is 1.67 bits per heavy atom. The highest BCUT2D eigenvalue weighted by Gasteiger charge is 2.06. The number of aromatic nitrogens is 2. The predicted molar refractivity (Wildman–Crippen MR) is 59.2 cm³/mol. The average molecular weight is 212 g/mol. The molecule has 3 N–H and O–H groups in total. The number of imidazole rings is 1. The second-order valence-corrected chi connectivity index (χ2v) is 3.87. The van der Waals surface area contributed by atoms with Crippen molar-refractivity contribution in [1.29, 1.82) is 0 Å². The molecule has 1 unspecified atom stereocenters. The summed E-state index contributed by atoms with van der Waals surface area (Å²) in [5.74, 6) is 1.03. The van der Waals surface area contributed by atoms with Gasteiger partial charge in [0.05, 0.1) is 12.6 Å². The van der Waals surface area contributed by atoms with Gasteiger partial charge in [0, 0.05) is 32.5 Å². The number of aliphatic hydroxyl groups is 1. The largest absolute Gasteiger partial charge is 0.392 e. The monoisotopic (exact) mass is 212 g/mol. The van der Waals surface area contributed by atoms with E-state index < -0.39 is 6.10 Å². The highest BCUT2D eigenvalue weighted by Crippen LogP contribution is 2.01. The summed E-state index contributed by atoms with van der Waals surface area (Å²) < 4.78 is 2.00. The molecule has 1 aromatic rings. The van der Waals surface area contributed by atoms with Crippen LogP contribution < -0.4 is 5.73 Å². The molecule has 1 rings (SSSR count). The van der Waals surface area contributed by atoms with E-state index in [4.69, 9.17) is 5.73 Å². The quantitative estimate of drug-likeness (QED) is 0.671. The third-order valence-electron chi connectivity index (χ3n) is 2.45. The Morgan fingerprint density at radius 3 is 2.93 bits per heavy atom. The fraction of sp³-hybridized carbons (Fsp3) is 0.700. The van der Waals surface area contributed by atoms with Crippen molar-refractivity contribution in [1.82, 2.24) is 14.5 Å². The van der Waals surface area contributed by atoms with E-state index in [0.717, 1.165) is 18.9 Å². The molecule has 1 aromatic heterocycles. The van der Waals surface area contributed by atoms with Crippen LogP contribution in [-0.4, -0.2) is 45.8 Å². The van der Waals surface area contributed by atoms with Gasteiger partial charge in [-0.3, -0.25) is 4.90 Å². The molecule has 15 heavy (non-hydrogen) atoms. The number of hydrogen-bond donors (Lipinski definition) is 2. The number of aryl methyl sites for hydroxylation is 1. The van der Waals surface area contributed by atoms with E-state index in [0.29, 0.717) is 13.0 Å². The molecule has 0 bridgehead atoms. The lowest BCUT2D eigenvalue weighted by molar-refractivity contribution is 0.152. The first-order valence-corrected chi connectivity index (χ1v) is 5.16. The normalized spacial score (nSPS) is 13.4. The van der Waals surface area contributed by atoms with E-state index in [1.165, 1.54) is 0 Å². The fourth-order valence-electron chi connectivity index (χ4n) is 1.36. The molecule has 0 aliphatic carbocycles.